The average Bonchev–Trinajstić information content (AvgIpc) is 2.50. The molecule has 0 unspecified atom stereocenters. The van der Waals surface area contributed by atoms with Crippen molar-refractivity contribution < 1.29 is 19.1 Å². The zero-order valence-corrected chi connectivity index (χ0v) is 8.41. The fourth-order valence-electron chi connectivity index (χ4n) is 2.46. The monoisotopic (exact) mass is 198 g/mol. The van der Waals surface area contributed by atoms with E-state index in [1.807, 2.05) is 0 Å². The SMILES string of the molecule is COC(=O)[C@@]1(C)CC[C@@H]2C[C@H]1C(=O)O2. The second-order valence-electron chi connectivity index (χ2n) is 4.29. The van der Waals surface area contributed by atoms with Crippen LogP contribution in [-0.2, 0) is 19.1 Å². The first-order valence-corrected chi connectivity index (χ1v) is 4.87. The van der Waals surface area contributed by atoms with Gasteiger partial charge in [-0.05, 0) is 26.2 Å². The average molecular weight is 198 g/mol. The van der Waals surface area contributed by atoms with Crippen LogP contribution in [0.4, 0.5) is 0 Å². The molecular weight excluding hydrogens is 184 g/mol. The minimum absolute atomic E-state index is 0.0326. The van der Waals surface area contributed by atoms with Gasteiger partial charge in [-0.25, -0.2) is 0 Å². The maximum Gasteiger partial charge on any atom is 0.312 e. The topological polar surface area (TPSA) is 52.6 Å². The maximum atomic E-state index is 11.6. The molecule has 2 bridgehead atoms. The van der Waals surface area contributed by atoms with Gasteiger partial charge in [-0.3, -0.25) is 9.59 Å². The molecule has 4 heteroatoms. The highest BCUT2D eigenvalue weighted by molar-refractivity contribution is 5.86. The van der Waals surface area contributed by atoms with E-state index in [0.717, 1.165) is 6.42 Å². The lowest BCUT2D eigenvalue weighted by atomic mass is 9.68. The van der Waals surface area contributed by atoms with Crippen LogP contribution in [0.1, 0.15) is 26.2 Å². The second kappa shape index (κ2) is 2.97. The number of fused-ring (bicyclic) bond motifs is 2. The standard InChI is InChI=1S/C10H14O4/c1-10(9(12)13-2)4-3-6-5-7(10)8(11)14-6/h6-7H,3-5H2,1-2H3/t6-,7+,10+/m1/s1. The third-order valence-electron chi connectivity index (χ3n) is 3.47. The molecule has 0 spiro atoms. The molecule has 0 aromatic rings. The first-order chi connectivity index (χ1) is 6.58. The quantitative estimate of drug-likeness (QED) is 0.587. The fourth-order valence-corrected chi connectivity index (χ4v) is 2.46. The van der Waals surface area contributed by atoms with Crippen molar-refractivity contribution in [3.63, 3.8) is 0 Å². The summed E-state index contributed by atoms with van der Waals surface area (Å²) in [5, 5.41) is 0. The molecule has 1 saturated heterocycles. The molecule has 0 N–H and O–H groups in total. The van der Waals surface area contributed by atoms with Crippen LogP contribution in [0, 0.1) is 11.3 Å². The summed E-state index contributed by atoms with van der Waals surface area (Å²) in [6.45, 7) is 1.80. The van der Waals surface area contributed by atoms with E-state index < -0.39 is 5.41 Å². The predicted molar refractivity (Wildman–Crippen MR) is 47.3 cm³/mol. The second-order valence-corrected chi connectivity index (χ2v) is 4.29. The summed E-state index contributed by atoms with van der Waals surface area (Å²) >= 11 is 0. The number of hydrogen-bond donors (Lipinski definition) is 0. The van der Waals surface area contributed by atoms with Crippen molar-refractivity contribution >= 4 is 11.9 Å². The van der Waals surface area contributed by atoms with Gasteiger partial charge in [-0.1, -0.05) is 0 Å². The Bertz CT molecular complexity index is 286. The van der Waals surface area contributed by atoms with Crippen LogP contribution in [0.5, 0.6) is 0 Å². The summed E-state index contributed by atoms with van der Waals surface area (Å²) in [6.07, 6.45) is 2.16. The van der Waals surface area contributed by atoms with Crippen molar-refractivity contribution in [1.29, 1.82) is 0 Å². The van der Waals surface area contributed by atoms with Gasteiger partial charge in [0.15, 0.2) is 0 Å². The van der Waals surface area contributed by atoms with Crippen molar-refractivity contribution in [3.8, 4) is 0 Å². The van der Waals surface area contributed by atoms with Crippen LogP contribution in [0.2, 0.25) is 0 Å². The molecule has 14 heavy (non-hydrogen) atoms. The van der Waals surface area contributed by atoms with E-state index in [2.05, 4.69) is 0 Å². The van der Waals surface area contributed by atoms with E-state index in [-0.39, 0.29) is 24.0 Å². The Balaban J connectivity index is 2.27. The lowest BCUT2D eigenvalue weighted by Crippen LogP contribution is -2.41. The Hall–Kier alpha value is -1.06. The van der Waals surface area contributed by atoms with Crippen LogP contribution in [0.3, 0.4) is 0 Å². The van der Waals surface area contributed by atoms with Crippen molar-refractivity contribution in [3.05, 3.63) is 0 Å². The van der Waals surface area contributed by atoms with Crippen molar-refractivity contribution in [2.45, 2.75) is 32.3 Å². The van der Waals surface area contributed by atoms with Gasteiger partial charge in [0.25, 0.3) is 0 Å². The Labute approximate surface area is 82.6 Å². The van der Waals surface area contributed by atoms with E-state index in [4.69, 9.17) is 9.47 Å². The molecule has 0 amide bonds. The Kier molecular flexibility index (Phi) is 2.01. The molecular formula is C10H14O4. The molecule has 0 aromatic carbocycles. The zero-order chi connectivity index (χ0) is 10.3. The summed E-state index contributed by atoms with van der Waals surface area (Å²) in [6, 6.07) is 0. The summed E-state index contributed by atoms with van der Waals surface area (Å²) in [5.74, 6) is -0.825. The minimum atomic E-state index is -0.668. The number of ether oxygens (including phenoxy) is 2. The highest BCUT2D eigenvalue weighted by Gasteiger charge is 2.55. The van der Waals surface area contributed by atoms with Crippen LogP contribution in [0.15, 0.2) is 0 Å². The lowest BCUT2D eigenvalue weighted by Gasteiger charge is -2.32. The first kappa shape index (κ1) is 9.49. The van der Waals surface area contributed by atoms with Crippen LogP contribution < -0.4 is 0 Å². The zero-order valence-electron chi connectivity index (χ0n) is 8.41. The number of hydrogen-bond acceptors (Lipinski definition) is 4. The third-order valence-corrected chi connectivity index (χ3v) is 3.47. The van der Waals surface area contributed by atoms with Crippen molar-refractivity contribution in [2.24, 2.45) is 11.3 Å². The van der Waals surface area contributed by atoms with E-state index in [1.54, 1.807) is 6.92 Å². The molecule has 1 saturated carbocycles. The highest BCUT2D eigenvalue weighted by atomic mass is 16.6. The van der Waals surface area contributed by atoms with Gasteiger partial charge in [0.05, 0.1) is 18.4 Å². The van der Waals surface area contributed by atoms with Crippen molar-refractivity contribution in [2.75, 3.05) is 7.11 Å². The van der Waals surface area contributed by atoms with E-state index >= 15 is 0 Å². The number of methoxy groups -OCH3 is 1. The molecule has 3 atom stereocenters. The van der Waals surface area contributed by atoms with Gasteiger partial charge in [0, 0.05) is 0 Å². The summed E-state index contributed by atoms with van der Waals surface area (Å²) in [7, 11) is 1.36. The van der Waals surface area contributed by atoms with Gasteiger partial charge in [0.1, 0.15) is 6.10 Å². The largest absolute Gasteiger partial charge is 0.469 e. The number of rotatable bonds is 1. The molecule has 78 valence electrons. The summed E-state index contributed by atoms with van der Waals surface area (Å²) in [5.41, 5.74) is -0.668. The molecule has 1 aliphatic carbocycles. The number of carbonyl (C=O) groups is 2. The van der Waals surface area contributed by atoms with Gasteiger partial charge < -0.3 is 9.47 Å². The minimum Gasteiger partial charge on any atom is -0.469 e. The first-order valence-electron chi connectivity index (χ1n) is 4.87. The summed E-state index contributed by atoms with van der Waals surface area (Å²) in [4.78, 5) is 23.1. The van der Waals surface area contributed by atoms with Crippen molar-refractivity contribution in [1.82, 2.24) is 0 Å². The van der Waals surface area contributed by atoms with Crippen LogP contribution in [-0.4, -0.2) is 25.2 Å². The molecule has 4 nitrogen and oxygen atoms in total. The summed E-state index contributed by atoms with van der Waals surface area (Å²) < 4.78 is 9.87. The Morgan fingerprint density at radius 2 is 2.36 bits per heavy atom. The van der Waals surface area contributed by atoms with Crippen LogP contribution >= 0.6 is 0 Å². The van der Waals surface area contributed by atoms with Gasteiger partial charge in [0.2, 0.25) is 0 Å². The maximum absolute atomic E-state index is 11.6. The molecule has 1 aliphatic heterocycles. The van der Waals surface area contributed by atoms with E-state index in [9.17, 15) is 9.59 Å². The third kappa shape index (κ3) is 1.13. The van der Waals surface area contributed by atoms with Gasteiger partial charge in [-0.15, -0.1) is 0 Å². The normalized spacial score (nSPS) is 40.6. The van der Waals surface area contributed by atoms with Gasteiger partial charge in [-0.2, -0.15) is 0 Å². The Morgan fingerprint density at radius 3 is 3.00 bits per heavy atom. The molecule has 2 fully saturated rings. The number of carbonyl (C=O) groups excluding carboxylic acids is 2. The number of esters is 2. The molecule has 2 aliphatic rings. The van der Waals surface area contributed by atoms with E-state index in [0.29, 0.717) is 12.8 Å². The smallest absolute Gasteiger partial charge is 0.312 e. The molecule has 2 rings (SSSR count). The van der Waals surface area contributed by atoms with Gasteiger partial charge >= 0.3 is 11.9 Å². The fraction of sp³-hybridized carbons (Fsp3) is 0.800. The molecule has 1 heterocycles. The lowest BCUT2D eigenvalue weighted by molar-refractivity contribution is -0.160. The van der Waals surface area contributed by atoms with E-state index in [1.165, 1.54) is 7.11 Å². The molecule has 0 radical (unpaired) electrons. The predicted octanol–water partition coefficient (Wildman–Crippen LogP) is 0.891. The Morgan fingerprint density at radius 1 is 1.64 bits per heavy atom. The van der Waals surface area contributed by atoms with Crippen LogP contribution in [0.25, 0.3) is 0 Å². The highest BCUT2D eigenvalue weighted by Crippen LogP contribution is 2.47. The molecule has 0 aromatic heterocycles.